The van der Waals surface area contributed by atoms with Gasteiger partial charge in [-0.1, -0.05) is 47.6 Å². The Hall–Kier alpha value is -2.84. The Labute approximate surface area is 211 Å². The molecule has 0 fully saturated rings. The van der Waals surface area contributed by atoms with Gasteiger partial charge in [0.05, 0.1) is 28.7 Å². The summed E-state index contributed by atoms with van der Waals surface area (Å²) in [7, 11) is 0. The van der Waals surface area contributed by atoms with Crippen molar-refractivity contribution in [2.24, 2.45) is 27.5 Å². The van der Waals surface area contributed by atoms with Gasteiger partial charge in [0.2, 0.25) is 5.95 Å². The van der Waals surface area contributed by atoms with Gasteiger partial charge in [-0.15, -0.1) is 11.3 Å². The molecule has 2 aromatic heterocycles. The molecule has 4 rings (SSSR count). The molecule has 1 atom stereocenters. The Kier molecular flexibility index (Phi) is 7.52. The molecule has 3 aromatic rings. The van der Waals surface area contributed by atoms with Crippen LogP contribution in [0.2, 0.25) is 0 Å². The highest BCUT2D eigenvalue weighted by Crippen LogP contribution is 2.29. The molecular formula is C27H36N6OS. The highest BCUT2D eigenvalue weighted by molar-refractivity contribution is 7.15. The third-order valence-electron chi connectivity index (χ3n) is 6.29. The normalized spacial score (nSPS) is 14.7. The van der Waals surface area contributed by atoms with E-state index in [1.54, 1.807) is 6.20 Å². The van der Waals surface area contributed by atoms with Crippen molar-refractivity contribution in [2.45, 2.75) is 54.6 Å². The number of carbonyl (C=O) groups is 1. The fourth-order valence-electron chi connectivity index (χ4n) is 3.90. The van der Waals surface area contributed by atoms with E-state index in [2.05, 4.69) is 85.2 Å². The maximum atomic E-state index is 13.1. The number of carbonyl (C=O) groups excluding carboxylic acids is 1. The SMILES string of the molecule is CC(C)C(C)CNCc1ccc2c(c1)nc(NC(=O)c1ccc(C3=CN=NC3)s1)n2CC(C)(C)C. The fourth-order valence-corrected chi connectivity index (χ4v) is 4.80. The Morgan fingerprint density at radius 1 is 1.17 bits per heavy atom. The molecule has 0 saturated carbocycles. The number of azo groups is 1. The molecule has 3 heterocycles. The lowest BCUT2D eigenvalue weighted by molar-refractivity contribution is 0.102. The van der Waals surface area contributed by atoms with Gasteiger partial charge in [-0.05, 0) is 53.6 Å². The van der Waals surface area contributed by atoms with Crippen molar-refractivity contribution < 1.29 is 4.79 Å². The van der Waals surface area contributed by atoms with Crippen LogP contribution in [-0.4, -0.2) is 28.5 Å². The van der Waals surface area contributed by atoms with Crippen LogP contribution in [0.25, 0.3) is 16.6 Å². The van der Waals surface area contributed by atoms with Crippen molar-refractivity contribution in [2.75, 3.05) is 18.4 Å². The summed E-state index contributed by atoms with van der Waals surface area (Å²) in [4.78, 5) is 19.6. The second-order valence-corrected chi connectivity index (χ2v) is 12.0. The number of aromatic nitrogens is 2. The number of nitrogens with zero attached hydrogens (tertiary/aromatic N) is 4. The van der Waals surface area contributed by atoms with Crippen molar-refractivity contribution in [1.82, 2.24) is 14.9 Å². The summed E-state index contributed by atoms with van der Waals surface area (Å²) < 4.78 is 2.12. The number of fused-ring (bicyclic) bond motifs is 1. The molecule has 1 unspecified atom stereocenters. The predicted molar refractivity (Wildman–Crippen MR) is 145 cm³/mol. The molecule has 1 aliphatic heterocycles. The van der Waals surface area contributed by atoms with Crippen LogP contribution >= 0.6 is 11.3 Å². The second-order valence-electron chi connectivity index (χ2n) is 10.9. The minimum absolute atomic E-state index is 0.0262. The average molecular weight is 493 g/mol. The molecule has 0 aliphatic carbocycles. The van der Waals surface area contributed by atoms with Gasteiger partial charge in [0.1, 0.15) is 0 Å². The van der Waals surface area contributed by atoms with Crippen LogP contribution in [0.5, 0.6) is 0 Å². The maximum absolute atomic E-state index is 13.1. The number of anilines is 1. The van der Waals surface area contributed by atoms with Gasteiger partial charge < -0.3 is 9.88 Å². The minimum Gasteiger partial charge on any atom is -0.312 e. The standard InChI is InChI=1S/C27H36N6OS/c1-17(2)18(3)12-28-13-19-7-8-22-21(11-19)31-26(33(22)16-27(4,5)6)32-25(34)24-10-9-23(35-24)20-14-29-30-15-20/h7-11,14,17-18,28H,12-13,15-16H2,1-6H3,(H,31,32,34). The summed E-state index contributed by atoms with van der Waals surface area (Å²) in [5.74, 6) is 1.71. The van der Waals surface area contributed by atoms with Crippen LogP contribution in [0.3, 0.4) is 0 Å². The van der Waals surface area contributed by atoms with E-state index in [1.165, 1.54) is 16.9 Å². The molecular weight excluding hydrogens is 456 g/mol. The molecule has 35 heavy (non-hydrogen) atoms. The van der Waals surface area contributed by atoms with E-state index < -0.39 is 0 Å². The van der Waals surface area contributed by atoms with Crippen LogP contribution in [0.1, 0.15) is 61.7 Å². The van der Waals surface area contributed by atoms with E-state index in [4.69, 9.17) is 4.98 Å². The summed E-state index contributed by atoms with van der Waals surface area (Å²) in [6.07, 6.45) is 1.76. The van der Waals surface area contributed by atoms with Crippen molar-refractivity contribution in [1.29, 1.82) is 0 Å². The predicted octanol–water partition coefficient (Wildman–Crippen LogP) is 6.58. The first-order chi connectivity index (χ1) is 16.6. The summed E-state index contributed by atoms with van der Waals surface area (Å²) in [6.45, 7) is 16.4. The zero-order valence-corrected chi connectivity index (χ0v) is 22.4. The zero-order valence-electron chi connectivity index (χ0n) is 21.6. The topological polar surface area (TPSA) is 83.7 Å². The Morgan fingerprint density at radius 3 is 2.66 bits per heavy atom. The minimum atomic E-state index is -0.149. The second kappa shape index (κ2) is 10.4. The Balaban J connectivity index is 1.55. The number of hydrogen-bond donors (Lipinski definition) is 2. The first-order valence-electron chi connectivity index (χ1n) is 12.3. The molecule has 1 aromatic carbocycles. The highest BCUT2D eigenvalue weighted by atomic mass is 32.1. The van der Waals surface area contributed by atoms with Gasteiger partial charge in [0.15, 0.2) is 0 Å². The van der Waals surface area contributed by atoms with Crippen LogP contribution in [0.4, 0.5) is 5.95 Å². The Morgan fingerprint density at radius 2 is 1.97 bits per heavy atom. The summed E-state index contributed by atoms with van der Waals surface area (Å²) >= 11 is 1.45. The summed E-state index contributed by atoms with van der Waals surface area (Å²) in [5, 5.41) is 14.6. The molecule has 1 amide bonds. The Bertz CT molecular complexity index is 1260. The molecule has 2 N–H and O–H groups in total. The lowest BCUT2D eigenvalue weighted by Gasteiger charge is -2.21. The van der Waals surface area contributed by atoms with E-state index in [0.717, 1.165) is 41.1 Å². The fraction of sp³-hybridized carbons (Fsp3) is 0.481. The molecule has 186 valence electrons. The van der Waals surface area contributed by atoms with Crippen LogP contribution in [-0.2, 0) is 13.1 Å². The van der Waals surface area contributed by atoms with Crippen LogP contribution in [0.15, 0.2) is 46.8 Å². The summed E-state index contributed by atoms with van der Waals surface area (Å²) in [6, 6.07) is 10.2. The van der Waals surface area contributed by atoms with Gasteiger partial charge in [-0.2, -0.15) is 10.2 Å². The number of amides is 1. The van der Waals surface area contributed by atoms with E-state index >= 15 is 0 Å². The van der Waals surface area contributed by atoms with Crippen molar-refractivity contribution >= 4 is 39.8 Å². The molecule has 1 aliphatic rings. The number of thiophene rings is 1. The van der Waals surface area contributed by atoms with Gasteiger partial charge in [0, 0.05) is 23.5 Å². The van der Waals surface area contributed by atoms with E-state index in [0.29, 0.717) is 29.2 Å². The third kappa shape index (κ3) is 6.24. The quantitative estimate of drug-likeness (QED) is 0.354. The van der Waals surface area contributed by atoms with Crippen LogP contribution < -0.4 is 10.6 Å². The maximum Gasteiger partial charge on any atom is 0.268 e. The lowest BCUT2D eigenvalue weighted by atomic mass is 9.97. The molecule has 0 saturated heterocycles. The van der Waals surface area contributed by atoms with Gasteiger partial charge in [0.25, 0.3) is 5.91 Å². The first kappa shape index (κ1) is 25.3. The summed E-state index contributed by atoms with van der Waals surface area (Å²) in [5.41, 5.74) is 4.18. The largest absolute Gasteiger partial charge is 0.312 e. The number of nitrogens with one attached hydrogen (secondary N) is 2. The molecule has 0 spiro atoms. The van der Waals surface area contributed by atoms with Crippen molar-refractivity contribution in [3.63, 3.8) is 0 Å². The van der Waals surface area contributed by atoms with Crippen molar-refractivity contribution in [3.05, 3.63) is 51.8 Å². The van der Waals surface area contributed by atoms with E-state index in [1.807, 2.05) is 12.1 Å². The van der Waals surface area contributed by atoms with Crippen molar-refractivity contribution in [3.8, 4) is 0 Å². The molecule has 0 bridgehead atoms. The number of rotatable bonds is 9. The van der Waals surface area contributed by atoms with Gasteiger partial charge >= 0.3 is 0 Å². The van der Waals surface area contributed by atoms with Gasteiger partial charge in [-0.25, -0.2) is 4.98 Å². The highest BCUT2D eigenvalue weighted by Gasteiger charge is 2.21. The average Bonchev–Trinajstić information content (AvgIpc) is 3.53. The monoisotopic (exact) mass is 492 g/mol. The number of benzene rings is 1. The lowest BCUT2D eigenvalue weighted by Crippen LogP contribution is -2.23. The van der Waals surface area contributed by atoms with Crippen LogP contribution in [0, 0.1) is 17.3 Å². The van der Waals surface area contributed by atoms with E-state index in [-0.39, 0.29) is 11.3 Å². The number of imidazole rings is 1. The third-order valence-corrected chi connectivity index (χ3v) is 7.45. The smallest absolute Gasteiger partial charge is 0.268 e. The molecule has 8 heteroatoms. The first-order valence-corrected chi connectivity index (χ1v) is 13.1. The molecule has 7 nitrogen and oxygen atoms in total. The number of hydrogen-bond acceptors (Lipinski definition) is 6. The van der Waals surface area contributed by atoms with Gasteiger partial charge in [-0.3, -0.25) is 10.1 Å². The molecule has 0 radical (unpaired) electrons. The van der Waals surface area contributed by atoms with E-state index in [9.17, 15) is 4.79 Å². The zero-order chi connectivity index (χ0) is 25.2.